The summed E-state index contributed by atoms with van der Waals surface area (Å²) >= 11 is 0. The van der Waals surface area contributed by atoms with Crippen LogP contribution >= 0.6 is 0 Å². The van der Waals surface area contributed by atoms with Crippen LogP contribution in [0.1, 0.15) is 12.0 Å². The van der Waals surface area contributed by atoms with Crippen LogP contribution in [-0.4, -0.2) is 35.2 Å². The van der Waals surface area contributed by atoms with E-state index in [1.807, 2.05) is 12.1 Å². The molecule has 2 aromatic carbocycles. The SMILES string of the molecule is OC[C@@H]1C[C@H](CO)[C@@H]2C(c3ccc4ccccc4c3)=NO[C@H]12. The van der Waals surface area contributed by atoms with Crippen LogP contribution in [0, 0.1) is 17.8 Å². The molecule has 2 N–H and O–H groups in total. The van der Waals surface area contributed by atoms with Crippen LogP contribution < -0.4 is 0 Å². The summed E-state index contributed by atoms with van der Waals surface area (Å²) in [6.07, 6.45) is 0.679. The molecule has 114 valence electrons. The predicted molar refractivity (Wildman–Crippen MR) is 84.6 cm³/mol. The average molecular weight is 297 g/mol. The van der Waals surface area contributed by atoms with E-state index in [1.54, 1.807) is 0 Å². The number of fused-ring (bicyclic) bond motifs is 2. The molecule has 22 heavy (non-hydrogen) atoms. The van der Waals surface area contributed by atoms with Crippen LogP contribution in [0.3, 0.4) is 0 Å². The van der Waals surface area contributed by atoms with Gasteiger partial charge in [-0.15, -0.1) is 0 Å². The number of nitrogens with zero attached hydrogens (tertiary/aromatic N) is 1. The average Bonchev–Trinajstić information content (AvgIpc) is 3.14. The minimum absolute atomic E-state index is 0.0591. The number of rotatable bonds is 3. The number of hydrogen-bond acceptors (Lipinski definition) is 4. The molecule has 1 aliphatic carbocycles. The van der Waals surface area contributed by atoms with E-state index >= 15 is 0 Å². The van der Waals surface area contributed by atoms with Gasteiger partial charge in [-0.2, -0.15) is 0 Å². The van der Waals surface area contributed by atoms with Gasteiger partial charge in [-0.1, -0.05) is 41.6 Å². The monoisotopic (exact) mass is 297 g/mol. The van der Waals surface area contributed by atoms with Crippen molar-refractivity contribution in [1.29, 1.82) is 0 Å². The van der Waals surface area contributed by atoms with Gasteiger partial charge >= 0.3 is 0 Å². The normalized spacial score (nSPS) is 30.2. The fourth-order valence-corrected chi connectivity index (χ4v) is 3.90. The lowest BCUT2D eigenvalue weighted by Crippen LogP contribution is -2.28. The number of aliphatic hydroxyl groups excluding tert-OH is 2. The Balaban J connectivity index is 1.72. The van der Waals surface area contributed by atoms with E-state index in [0.717, 1.165) is 17.7 Å². The fraction of sp³-hybridized carbons (Fsp3) is 0.389. The Labute approximate surface area is 129 Å². The molecule has 2 aromatic rings. The Morgan fingerprint density at radius 2 is 1.77 bits per heavy atom. The Bertz CT molecular complexity index is 727. The molecule has 0 radical (unpaired) electrons. The number of benzene rings is 2. The minimum Gasteiger partial charge on any atom is -0.396 e. The van der Waals surface area contributed by atoms with E-state index in [4.69, 9.17) is 4.84 Å². The zero-order valence-corrected chi connectivity index (χ0v) is 12.2. The maximum Gasteiger partial charge on any atom is 0.141 e. The first-order valence-corrected chi connectivity index (χ1v) is 7.76. The zero-order valence-electron chi connectivity index (χ0n) is 12.2. The molecule has 4 atom stereocenters. The Hall–Kier alpha value is -1.91. The molecule has 0 amide bonds. The van der Waals surface area contributed by atoms with Gasteiger partial charge < -0.3 is 15.1 Å². The summed E-state index contributed by atoms with van der Waals surface area (Å²) in [6, 6.07) is 14.5. The van der Waals surface area contributed by atoms with Crippen LogP contribution in [0.2, 0.25) is 0 Å². The molecule has 0 unspecified atom stereocenters. The Kier molecular flexibility index (Phi) is 3.36. The second-order valence-electron chi connectivity index (χ2n) is 6.26. The summed E-state index contributed by atoms with van der Waals surface area (Å²) in [6.45, 7) is 0.186. The third kappa shape index (κ3) is 2.02. The van der Waals surface area contributed by atoms with Gasteiger partial charge in [0.25, 0.3) is 0 Å². The van der Waals surface area contributed by atoms with Crippen molar-refractivity contribution in [2.45, 2.75) is 12.5 Å². The van der Waals surface area contributed by atoms with Crippen LogP contribution in [-0.2, 0) is 4.84 Å². The van der Waals surface area contributed by atoms with Gasteiger partial charge in [0.05, 0.1) is 11.6 Å². The second-order valence-corrected chi connectivity index (χ2v) is 6.26. The molecule has 4 rings (SSSR count). The van der Waals surface area contributed by atoms with Crippen molar-refractivity contribution in [3.05, 3.63) is 48.0 Å². The number of oxime groups is 1. The first-order chi connectivity index (χ1) is 10.8. The maximum absolute atomic E-state index is 9.67. The van der Waals surface area contributed by atoms with Crippen molar-refractivity contribution in [3.63, 3.8) is 0 Å². The van der Waals surface area contributed by atoms with E-state index in [2.05, 4.69) is 35.5 Å². The third-order valence-corrected chi connectivity index (χ3v) is 5.03. The highest BCUT2D eigenvalue weighted by Gasteiger charge is 2.50. The van der Waals surface area contributed by atoms with Crippen molar-refractivity contribution in [3.8, 4) is 0 Å². The largest absolute Gasteiger partial charge is 0.396 e. The zero-order chi connectivity index (χ0) is 15.1. The molecule has 0 aromatic heterocycles. The minimum atomic E-state index is -0.108. The molecule has 0 spiro atoms. The predicted octanol–water partition coefficient (Wildman–Crippen LogP) is 2.18. The molecule has 4 nitrogen and oxygen atoms in total. The van der Waals surface area contributed by atoms with E-state index in [-0.39, 0.29) is 37.1 Å². The molecule has 2 aliphatic rings. The van der Waals surface area contributed by atoms with Crippen LogP contribution in [0.4, 0.5) is 0 Å². The first-order valence-electron chi connectivity index (χ1n) is 7.76. The molecule has 1 heterocycles. The molecular formula is C18H19NO3. The Morgan fingerprint density at radius 1 is 1.00 bits per heavy atom. The smallest absolute Gasteiger partial charge is 0.141 e. The second kappa shape index (κ2) is 5.38. The molecule has 0 bridgehead atoms. The highest BCUT2D eigenvalue weighted by Crippen LogP contribution is 2.44. The van der Waals surface area contributed by atoms with Gasteiger partial charge in [0.15, 0.2) is 0 Å². The Morgan fingerprint density at radius 3 is 2.55 bits per heavy atom. The first kappa shape index (κ1) is 13.7. The van der Waals surface area contributed by atoms with Crippen molar-refractivity contribution >= 4 is 16.5 Å². The van der Waals surface area contributed by atoms with E-state index in [0.29, 0.717) is 0 Å². The topological polar surface area (TPSA) is 62.0 Å². The fourth-order valence-electron chi connectivity index (χ4n) is 3.90. The summed E-state index contributed by atoms with van der Waals surface area (Å²) in [5.74, 6) is 0.238. The van der Waals surface area contributed by atoms with Gasteiger partial charge in [-0.05, 0) is 29.2 Å². The van der Waals surface area contributed by atoms with Crippen molar-refractivity contribution in [1.82, 2.24) is 0 Å². The van der Waals surface area contributed by atoms with E-state index < -0.39 is 0 Å². The van der Waals surface area contributed by atoms with Gasteiger partial charge in [0.2, 0.25) is 0 Å². The van der Waals surface area contributed by atoms with Crippen molar-refractivity contribution in [2.24, 2.45) is 22.9 Å². The van der Waals surface area contributed by atoms with Crippen molar-refractivity contribution in [2.75, 3.05) is 13.2 Å². The van der Waals surface area contributed by atoms with E-state index in [9.17, 15) is 10.2 Å². The van der Waals surface area contributed by atoms with E-state index in [1.165, 1.54) is 10.8 Å². The lowest BCUT2D eigenvalue weighted by Gasteiger charge is -2.17. The standard InChI is InChI=1S/C18H19NO3/c20-9-14-8-15(10-21)18-16(14)17(19-22-18)13-6-5-11-3-1-2-4-12(11)7-13/h1-7,14-16,18,20-21H,8-10H2/t14-,15+,16-,18-/m1/s1. The highest BCUT2D eigenvalue weighted by molar-refractivity contribution is 6.05. The van der Waals surface area contributed by atoms with Crippen LogP contribution in [0.15, 0.2) is 47.6 Å². The summed E-state index contributed by atoms with van der Waals surface area (Å²) in [4.78, 5) is 5.61. The summed E-state index contributed by atoms with van der Waals surface area (Å²) in [5.41, 5.74) is 1.95. The van der Waals surface area contributed by atoms with Gasteiger partial charge in [-0.25, -0.2) is 0 Å². The van der Waals surface area contributed by atoms with Crippen LogP contribution in [0.25, 0.3) is 10.8 Å². The molecule has 1 saturated carbocycles. The summed E-state index contributed by atoms with van der Waals surface area (Å²) < 4.78 is 0. The third-order valence-electron chi connectivity index (χ3n) is 5.03. The van der Waals surface area contributed by atoms with Crippen molar-refractivity contribution < 1.29 is 15.1 Å². The molecular weight excluding hydrogens is 278 g/mol. The number of hydrogen-bond donors (Lipinski definition) is 2. The summed E-state index contributed by atoms with van der Waals surface area (Å²) in [7, 11) is 0. The van der Waals surface area contributed by atoms with Gasteiger partial charge in [0, 0.05) is 24.7 Å². The van der Waals surface area contributed by atoms with Crippen LogP contribution in [0.5, 0.6) is 0 Å². The quantitative estimate of drug-likeness (QED) is 0.913. The highest BCUT2D eigenvalue weighted by atomic mass is 16.6. The molecule has 4 heteroatoms. The molecule has 0 saturated heterocycles. The van der Waals surface area contributed by atoms with Gasteiger partial charge in [0.1, 0.15) is 6.10 Å². The lowest BCUT2D eigenvalue weighted by atomic mass is 9.86. The number of aliphatic hydroxyl groups is 2. The molecule has 1 aliphatic heterocycles. The maximum atomic E-state index is 9.67. The molecule has 1 fully saturated rings. The lowest BCUT2D eigenvalue weighted by molar-refractivity contribution is 0.0198. The summed E-state index contributed by atoms with van der Waals surface area (Å²) in [5, 5.41) is 25.8. The van der Waals surface area contributed by atoms with Gasteiger partial charge in [-0.3, -0.25) is 0 Å².